The van der Waals surface area contributed by atoms with Gasteiger partial charge in [0.2, 0.25) is 0 Å². The quantitative estimate of drug-likeness (QED) is 0.772. The van der Waals surface area contributed by atoms with Crippen molar-refractivity contribution in [2.75, 3.05) is 39.5 Å². The van der Waals surface area contributed by atoms with E-state index < -0.39 is 0 Å². The second-order valence-electron chi connectivity index (χ2n) is 7.11. The molecule has 0 amide bonds. The zero-order valence-electron chi connectivity index (χ0n) is 12.6. The lowest BCUT2D eigenvalue weighted by Crippen LogP contribution is -2.49. The molecule has 0 aromatic rings. The van der Waals surface area contributed by atoms with E-state index in [2.05, 4.69) is 10.2 Å². The van der Waals surface area contributed by atoms with Crippen molar-refractivity contribution in [1.82, 2.24) is 10.2 Å². The van der Waals surface area contributed by atoms with Crippen LogP contribution in [-0.2, 0) is 4.74 Å². The van der Waals surface area contributed by atoms with E-state index in [1.165, 1.54) is 38.5 Å². The highest BCUT2D eigenvalue weighted by Gasteiger charge is 2.39. The molecule has 2 atom stereocenters. The predicted molar refractivity (Wildman–Crippen MR) is 79.8 cm³/mol. The number of nitrogens with zero attached hydrogens (tertiary/aromatic N) is 1. The van der Waals surface area contributed by atoms with E-state index in [1.807, 2.05) is 0 Å². The Kier molecular flexibility index (Phi) is 4.97. The maximum Gasteiger partial charge on any atom is 0.0586 e. The van der Waals surface area contributed by atoms with Gasteiger partial charge in [-0.25, -0.2) is 0 Å². The Balaban J connectivity index is 1.60. The summed E-state index contributed by atoms with van der Waals surface area (Å²) in [5.74, 6) is 0. The summed E-state index contributed by atoms with van der Waals surface area (Å²) in [6.07, 6.45) is 8.89. The molecule has 0 radical (unpaired) electrons. The van der Waals surface area contributed by atoms with Gasteiger partial charge in [0.15, 0.2) is 0 Å². The summed E-state index contributed by atoms with van der Waals surface area (Å²) in [4.78, 5) is 2.55. The molecule has 3 fully saturated rings. The van der Waals surface area contributed by atoms with Crippen molar-refractivity contribution in [3.8, 4) is 0 Å². The molecule has 2 heterocycles. The number of aliphatic hydroxyl groups is 1. The van der Waals surface area contributed by atoms with Gasteiger partial charge in [-0.05, 0) is 38.6 Å². The Morgan fingerprint density at radius 3 is 2.80 bits per heavy atom. The van der Waals surface area contributed by atoms with Crippen molar-refractivity contribution in [3.05, 3.63) is 0 Å². The fraction of sp³-hybridized carbons (Fsp3) is 1.00. The van der Waals surface area contributed by atoms with Crippen molar-refractivity contribution >= 4 is 0 Å². The molecule has 0 spiro atoms. The van der Waals surface area contributed by atoms with E-state index in [4.69, 9.17) is 4.74 Å². The Bertz CT molecular complexity index is 301. The number of rotatable bonds is 6. The highest BCUT2D eigenvalue weighted by atomic mass is 16.5. The molecule has 0 bridgehead atoms. The van der Waals surface area contributed by atoms with Crippen LogP contribution in [0.3, 0.4) is 0 Å². The second-order valence-corrected chi connectivity index (χ2v) is 7.11. The van der Waals surface area contributed by atoms with Crippen molar-refractivity contribution in [1.29, 1.82) is 0 Å². The van der Waals surface area contributed by atoms with Gasteiger partial charge in [-0.3, -0.25) is 4.90 Å². The summed E-state index contributed by atoms with van der Waals surface area (Å²) in [5, 5.41) is 13.4. The Morgan fingerprint density at radius 1 is 1.20 bits per heavy atom. The third-order valence-corrected chi connectivity index (χ3v) is 5.28. The highest BCUT2D eigenvalue weighted by molar-refractivity contribution is 4.93. The smallest absolute Gasteiger partial charge is 0.0586 e. The number of ether oxygens (including phenoxy) is 1. The fourth-order valence-corrected chi connectivity index (χ4v) is 3.70. The molecule has 1 saturated carbocycles. The van der Waals surface area contributed by atoms with Crippen LogP contribution in [0.4, 0.5) is 0 Å². The first-order chi connectivity index (χ1) is 9.81. The molecule has 2 N–H and O–H groups in total. The van der Waals surface area contributed by atoms with Gasteiger partial charge in [0, 0.05) is 37.2 Å². The number of likely N-dealkylation sites (tertiary alicyclic amines) is 1. The molecule has 3 rings (SSSR count). The van der Waals surface area contributed by atoms with Crippen molar-refractivity contribution in [3.63, 3.8) is 0 Å². The minimum Gasteiger partial charge on any atom is -0.395 e. The van der Waals surface area contributed by atoms with Crippen LogP contribution in [0.25, 0.3) is 0 Å². The summed E-state index contributed by atoms with van der Waals surface area (Å²) in [5.41, 5.74) is 0.278. The first-order valence-electron chi connectivity index (χ1n) is 8.47. The van der Waals surface area contributed by atoms with Crippen molar-refractivity contribution in [2.24, 2.45) is 5.41 Å². The maximum absolute atomic E-state index is 9.68. The molecule has 2 unspecified atom stereocenters. The molecule has 116 valence electrons. The van der Waals surface area contributed by atoms with Gasteiger partial charge in [0.05, 0.1) is 13.2 Å². The number of hydrogen-bond acceptors (Lipinski definition) is 4. The lowest BCUT2D eigenvalue weighted by atomic mass is 9.85. The van der Waals surface area contributed by atoms with E-state index in [0.29, 0.717) is 12.6 Å². The average molecular weight is 282 g/mol. The number of aliphatic hydroxyl groups excluding tert-OH is 1. The molecule has 2 aliphatic heterocycles. The third-order valence-electron chi connectivity index (χ3n) is 5.28. The normalized spacial score (nSPS) is 36.1. The predicted octanol–water partition coefficient (Wildman–Crippen LogP) is 1.38. The van der Waals surface area contributed by atoms with E-state index in [0.717, 1.165) is 45.3 Å². The van der Waals surface area contributed by atoms with E-state index >= 15 is 0 Å². The van der Waals surface area contributed by atoms with Gasteiger partial charge in [0.1, 0.15) is 0 Å². The fourth-order valence-electron chi connectivity index (χ4n) is 3.70. The van der Waals surface area contributed by atoms with Gasteiger partial charge in [-0.15, -0.1) is 0 Å². The standard InChI is InChI=1S/C16H30N2O2/c19-10-15-4-2-1-3-8-18(15)12-16(7-9-20-13-16)11-17-14-5-6-14/h14-15,17,19H,1-13H2. The lowest BCUT2D eigenvalue weighted by molar-refractivity contribution is 0.0620. The molecule has 3 aliphatic rings. The number of nitrogens with one attached hydrogen (secondary N) is 1. The topological polar surface area (TPSA) is 44.7 Å². The average Bonchev–Trinajstić information content (AvgIpc) is 3.22. The monoisotopic (exact) mass is 282 g/mol. The van der Waals surface area contributed by atoms with E-state index in [9.17, 15) is 5.11 Å². The minimum atomic E-state index is 0.278. The van der Waals surface area contributed by atoms with Crippen molar-refractivity contribution < 1.29 is 9.84 Å². The third kappa shape index (κ3) is 3.73. The summed E-state index contributed by atoms with van der Waals surface area (Å²) < 4.78 is 5.73. The molecular formula is C16H30N2O2. The van der Waals surface area contributed by atoms with Crippen LogP contribution in [0, 0.1) is 5.41 Å². The molecule has 4 nitrogen and oxygen atoms in total. The summed E-state index contributed by atoms with van der Waals surface area (Å²) in [6, 6.07) is 1.14. The summed E-state index contributed by atoms with van der Waals surface area (Å²) >= 11 is 0. The minimum absolute atomic E-state index is 0.278. The maximum atomic E-state index is 9.68. The number of hydrogen-bond donors (Lipinski definition) is 2. The van der Waals surface area contributed by atoms with Crippen molar-refractivity contribution in [2.45, 2.75) is 57.0 Å². The zero-order chi connectivity index (χ0) is 13.8. The zero-order valence-corrected chi connectivity index (χ0v) is 12.6. The lowest BCUT2D eigenvalue weighted by Gasteiger charge is -2.37. The Hall–Kier alpha value is -0.160. The van der Waals surface area contributed by atoms with Crippen LogP contribution in [-0.4, -0.2) is 61.5 Å². The van der Waals surface area contributed by atoms with E-state index in [-0.39, 0.29) is 5.41 Å². The first kappa shape index (κ1) is 14.8. The molecule has 0 aromatic carbocycles. The second kappa shape index (κ2) is 6.73. The Morgan fingerprint density at radius 2 is 2.10 bits per heavy atom. The molecular weight excluding hydrogens is 252 g/mol. The largest absolute Gasteiger partial charge is 0.395 e. The van der Waals surface area contributed by atoms with Crippen LogP contribution in [0.2, 0.25) is 0 Å². The summed E-state index contributed by atoms with van der Waals surface area (Å²) in [6.45, 7) is 5.44. The highest BCUT2D eigenvalue weighted by Crippen LogP contribution is 2.32. The summed E-state index contributed by atoms with van der Waals surface area (Å²) in [7, 11) is 0. The van der Waals surface area contributed by atoms with Crippen LogP contribution < -0.4 is 5.32 Å². The van der Waals surface area contributed by atoms with Crippen LogP contribution in [0.1, 0.15) is 44.9 Å². The van der Waals surface area contributed by atoms with Crippen LogP contribution in [0.15, 0.2) is 0 Å². The van der Waals surface area contributed by atoms with E-state index in [1.54, 1.807) is 0 Å². The van der Waals surface area contributed by atoms with Gasteiger partial charge in [0.25, 0.3) is 0 Å². The van der Waals surface area contributed by atoms with Gasteiger partial charge in [-0.1, -0.05) is 12.8 Å². The van der Waals surface area contributed by atoms with Gasteiger partial charge < -0.3 is 15.2 Å². The molecule has 20 heavy (non-hydrogen) atoms. The molecule has 0 aromatic heterocycles. The van der Waals surface area contributed by atoms with Gasteiger partial charge in [-0.2, -0.15) is 0 Å². The SMILES string of the molecule is OCC1CCCCCN1CC1(CNC2CC2)CCOC1. The molecule has 2 saturated heterocycles. The first-order valence-corrected chi connectivity index (χ1v) is 8.47. The van der Waals surface area contributed by atoms with Crippen LogP contribution in [0.5, 0.6) is 0 Å². The Labute approximate surface area is 122 Å². The molecule has 1 aliphatic carbocycles. The molecule has 4 heteroatoms. The van der Waals surface area contributed by atoms with Crippen LogP contribution >= 0.6 is 0 Å². The van der Waals surface area contributed by atoms with Gasteiger partial charge >= 0.3 is 0 Å².